The van der Waals surface area contributed by atoms with Crippen molar-refractivity contribution >= 4 is 11.0 Å². The highest BCUT2D eigenvalue weighted by Gasteiger charge is 2.16. The van der Waals surface area contributed by atoms with Crippen LogP contribution in [0.25, 0.3) is 11.0 Å². The second kappa shape index (κ2) is 4.73. The van der Waals surface area contributed by atoms with Crippen LogP contribution >= 0.6 is 0 Å². The fourth-order valence-corrected chi connectivity index (χ4v) is 2.16. The molecule has 2 rings (SSSR count). The Balaban J connectivity index is 2.43. The van der Waals surface area contributed by atoms with E-state index < -0.39 is 0 Å². The maximum Gasteiger partial charge on any atom is 0.323 e. The van der Waals surface area contributed by atoms with Crippen LogP contribution in [-0.4, -0.2) is 23.6 Å². The van der Waals surface area contributed by atoms with E-state index in [9.17, 15) is 4.79 Å². The van der Waals surface area contributed by atoms with Crippen LogP contribution < -0.4 is 16.7 Å². The fraction of sp³-hybridized carbons (Fsp3) is 0.417. The number of nitrogens with one attached hydrogen (secondary N) is 3. The van der Waals surface area contributed by atoms with Crippen LogP contribution in [-0.2, 0) is 0 Å². The van der Waals surface area contributed by atoms with Gasteiger partial charge in [0.15, 0.2) is 0 Å². The number of rotatable bonds is 4. The third-order valence-corrected chi connectivity index (χ3v) is 3.15. The second-order valence-electron chi connectivity index (χ2n) is 4.36. The van der Waals surface area contributed by atoms with Gasteiger partial charge in [0, 0.05) is 6.04 Å². The van der Waals surface area contributed by atoms with Crippen LogP contribution in [0.1, 0.15) is 18.5 Å². The summed E-state index contributed by atoms with van der Waals surface area (Å²) in [6.07, 6.45) is 0. The summed E-state index contributed by atoms with van der Waals surface area (Å²) in [6.45, 7) is 2.72. The summed E-state index contributed by atoms with van der Waals surface area (Å²) < 4.78 is 0. The molecule has 0 saturated heterocycles. The van der Waals surface area contributed by atoms with E-state index in [0.29, 0.717) is 12.5 Å². The molecule has 0 radical (unpaired) electrons. The monoisotopic (exact) mass is 234 g/mol. The first-order valence-electron chi connectivity index (χ1n) is 5.75. The number of hydrogen-bond acceptors (Lipinski definition) is 3. The molecule has 92 valence electrons. The zero-order valence-electron chi connectivity index (χ0n) is 10.1. The Kier molecular flexibility index (Phi) is 3.31. The minimum atomic E-state index is -0.176. The lowest BCUT2D eigenvalue weighted by atomic mass is 9.94. The summed E-state index contributed by atoms with van der Waals surface area (Å²) in [5.41, 5.74) is 8.31. The molecule has 5 heteroatoms. The molecule has 0 aliphatic heterocycles. The minimum absolute atomic E-state index is 0.176. The van der Waals surface area contributed by atoms with Gasteiger partial charge in [0.25, 0.3) is 0 Å². The van der Waals surface area contributed by atoms with E-state index >= 15 is 0 Å². The van der Waals surface area contributed by atoms with E-state index in [2.05, 4.69) is 22.2 Å². The van der Waals surface area contributed by atoms with Crippen molar-refractivity contribution in [3.63, 3.8) is 0 Å². The molecule has 0 amide bonds. The number of benzene rings is 1. The Morgan fingerprint density at radius 1 is 1.35 bits per heavy atom. The molecule has 2 aromatic rings. The van der Waals surface area contributed by atoms with Crippen molar-refractivity contribution in [2.75, 3.05) is 13.6 Å². The van der Waals surface area contributed by atoms with E-state index in [1.165, 1.54) is 0 Å². The molecule has 0 saturated carbocycles. The maximum atomic E-state index is 11.2. The number of imidazole rings is 1. The van der Waals surface area contributed by atoms with Gasteiger partial charge in [0.2, 0.25) is 0 Å². The zero-order valence-corrected chi connectivity index (χ0v) is 10.1. The van der Waals surface area contributed by atoms with Crippen LogP contribution in [0.4, 0.5) is 0 Å². The maximum absolute atomic E-state index is 11.2. The van der Waals surface area contributed by atoms with Crippen molar-refractivity contribution in [3.8, 4) is 0 Å². The number of aromatic nitrogens is 2. The number of hydrogen-bond donors (Lipinski definition) is 4. The normalized spacial score (nSPS) is 15.0. The van der Waals surface area contributed by atoms with E-state index in [1.54, 1.807) is 0 Å². The summed E-state index contributed by atoms with van der Waals surface area (Å²) in [4.78, 5) is 16.7. The van der Waals surface area contributed by atoms with Gasteiger partial charge in [-0.05, 0) is 37.2 Å². The molecule has 0 aliphatic carbocycles. The van der Waals surface area contributed by atoms with Crippen LogP contribution in [0.5, 0.6) is 0 Å². The smallest absolute Gasteiger partial charge is 0.323 e. The van der Waals surface area contributed by atoms with Gasteiger partial charge in [-0.15, -0.1) is 0 Å². The first kappa shape index (κ1) is 11.9. The predicted octanol–water partition coefficient (Wildman–Crippen LogP) is 0.711. The predicted molar refractivity (Wildman–Crippen MR) is 68.9 cm³/mol. The van der Waals surface area contributed by atoms with Gasteiger partial charge in [0.05, 0.1) is 11.0 Å². The largest absolute Gasteiger partial charge is 0.330 e. The van der Waals surface area contributed by atoms with Crippen LogP contribution in [0, 0.1) is 5.92 Å². The Hall–Kier alpha value is -1.59. The molecule has 1 aromatic carbocycles. The third-order valence-electron chi connectivity index (χ3n) is 3.15. The lowest BCUT2D eigenvalue weighted by Gasteiger charge is -2.22. The summed E-state index contributed by atoms with van der Waals surface area (Å²) in [5.74, 6) is 0.336. The number of fused-ring (bicyclic) bond motifs is 1. The minimum Gasteiger partial charge on any atom is -0.330 e. The fourth-order valence-electron chi connectivity index (χ4n) is 2.16. The van der Waals surface area contributed by atoms with Crippen LogP contribution in [0.15, 0.2) is 23.0 Å². The zero-order chi connectivity index (χ0) is 12.4. The second-order valence-corrected chi connectivity index (χ2v) is 4.36. The lowest BCUT2D eigenvalue weighted by Crippen LogP contribution is -2.28. The van der Waals surface area contributed by atoms with E-state index in [0.717, 1.165) is 16.6 Å². The first-order chi connectivity index (χ1) is 8.15. The van der Waals surface area contributed by atoms with Crippen LogP contribution in [0.2, 0.25) is 0 Å². The van der Waals surface area contributed by atoms with Gasteiger partial charge in [-0.1, -0.05) is 13.0 Å². The van der Waals surface area contributed by atoms with E-state index in [4.69, 9.17) is 5.73 Å². The van der Waals surface area contributed by atoms with Gasteiger partial charge >= 0.3 is 5.69 Å². The van der Waals surface area contributed by atoms with Gasteiger partial charge in [-0.25, -0.2) is 4.79 Å². The van der Waals surface area contributed by atoms with Crippen LogP contribution in [0.3, 0.4) is 0 Å². The molecule has 0 bridgehead atoms. The highest BCUT2D eigenvalue weighted by Crippen LogP contribution is 2.23. The molecular weight excluding hydrogens is 216 g/mol. The van der Waals surface area contributed by atoms with E-state index in [-0.39, 0.29) is 11.7 Å². The Morgan fingerprint density at radius 2 is 2.06 bits per heavy atom. The summed E-state index contributed by atoms with van der Waals surface area (Å²) in [6, 6.07) is 6.11. The molecule has 0 spiro atoms. The van der Waals surface area contributed by atoms with Crippen molar-refractivity contribution in [1.29, 1.82) is 0 Å². The van der Waals surface area contributed by atoms with Crippen molar-refractivity contribution in [1.82, 2.24) is 15.3 Å². The average Bonchev–Trinajstić information content (AvgIpc) is 2.69. The molecular formula is C12H18N4O. The summed E-state index contributed by atoms with van der Waals surface area (Å²) in [5, 5.41) is 3.26. The van der Waals surface area contributed by atoms with Gasteiger partial charge in [0.1, 0.15) is 0 Å². The molecule has 0 aliphatic rings. The highest BCUT2D eigenvalue weighted by atomic mass is 16.1. The van der Waals surface area contributed by atoms with Crippen molar-refractivity contribution in [2.45, 2.75) is 13.0 Å². The molecule has 1 heterocycles. The number of nitrogens with two attached hydrogens (primary N) is 1. The van der Waals surface area contributed by atoms with Crippen molar-refractivity contribution < 1.29 is 0 Å². The topological polar surface area (TPSA) is 86.7 Å². The van der Waals surface area contributed by atoms with Crippen molar-refractivity contribution in [3.05, 3.63) is 34.2 Å². The third kappa shape index (κ3) is 2.25. The Bertz CT molecular complexity index is 557. The van der Waals surface area contributed by atoms with Crippen molar-refractivity contribution in [2.24, 2.45) is 11.7 Å². The first-order valence-corrected chi connectivity index (χ1v) is 5.75. The molecule has 0 fully saturated rings. The standard InChI is InChI=1S/C12H18N4O/c1-7(6-13)11(14-2)8-3-4-9-10(5-8)16-12(17)15-9/h3-5,7,11,14H,6,13H2,1-2H3,(H2,15,16,17). The SMILES string of the molecule is CNC(c1ccc2[nH]c(=O)[nH]c2c1)C(C)CN. The molecule has 1 aromatic heterocycles. The molecule has 5 nitrogen and oxygen atoms in total. The van der Waals surface area contributed by atoms with Gasteiger partial charge in [-0.3, -0.25) is 0 Å². The molecule has 5 N–H and O–H groups in total. The average molecular weight is 234 g/mol. The van der Waals surface area contributed by atoms with Gasteiger partial charge < -0.3 is 21.0 Å². The molecule has 2 atom stereocenters. The molecule has 2 unspecified atom stereocenters. The number of H-pyrrole nitrogens is 2. The quantitative estimate of drug-likeness (QED) is 0.628. The Labute approximate surface area is 99.4 Å². The van der Waals surface area contributed by atoms with E-state index in [1.807, 2.05) is 25.2 Å². The Morgan fingerprint density at radius 3 is 2.71 bits per heavy atom. The number of aromatic amines is 2. The lowest BCUT2D eigenvalue weighted by molar-refractivity contribution is 0.420. The highest BCUT2D eigenvalue weighted by molar-refractivity contribution is 5.75. The van der Waals surface area contributed by atoms with Gasteiger partial charge in [-0.2, -0.15) is 0 Å². The summed E-state index contributed by atoms with van der Waals surface area (Å²) in [7, 11) is 1.92. The molecule has 17 heavy (non-hydrogen) atoms. The summed E-state index contributed by atoms with van der Waals surface area (Å²) >= 11 is 0.